The first-order valence-electron chi connectivity index (χ1n) is 12.0. The summed E-state index contributed by atoms with van der Waals surface area (Å²) in [6.07, 6.45) is 0.177. The molecule has 9 nitrogen and oxygen atoms in total. The number of amides is 3. The second-order valence-corrected chi connectivity index (χ2v) is 9.76. The Morgan fingerprint density at radius 2 is 1.76 bits per heavy atom. The van der Waals surface area contributed by atoms with Crippen LogP contribution in [0.5, 0.6) is 11.5 Å². The monoisotopic (exact) mass is 535 g/mol. The number of carbonyl (C=O) groups excluding carboxylic acids is 2. The fourth-order valence-electron chi connectivity index (χ4n) is 4.00. The molecule has 0 aromatic heterocycles. The number of aryl methyl sites for hydroxylation is 1. The number of ether oxygens (including phenoxy) is 2. The van der Waals surface area contributed by atoms with Crippen molar-refractivity contribution in [2.75, 3.05) is 36.0 Å². The fraction of sp³-hybridized carbons (Fsp3) is 0.250. The normalized spacial score (nSPS) is 14.6. The number of nitrogens with one attached hydrogen (secondary N) is 2. The summed E-state index contributed by atoms with van der Waals surface area (Å²) in [5.74, 6) is 1.30. The van der Waals surface area contributed by atoms with Gasteiger partial charge < -0.3 is 30.1 Å². The summed E-state index contributed by atoms with van der Waals surface area (Å²) in [5.41, 5.74) is 3.10. The van der Waals surface area contributed by atoms with Crippen molar-refractivity contribution in [3.63, 3.8) is 0 Å². The highest BCUT2D eigenvalue weighted by Gasteiger charge is 2.30. The highest BCUT2D eigenvalue weighted by atomic mass is 32.2. The fourth-order valence-corrected chi connectivity index (χ4v) is 5.20. The Kier molecular flexibility index (Phi) is 8.75. The number of nitrogens with zero attached hydrogens (tertiary/aromatic N) is 1. The summed E-state index contributed by atoms with van der Waals surface area (Å²) < 4.78 is 11.3. The van der Waals surface area contributed by atoms with Crippen molar-refractivity contribution >= 4 is 41.0 Å². The van der Waals surface area contributed by atoms with Crippen molar-refractivity contribution in [1.82, 2.24) is 4.90 Å². The number of carboxylic acid groups (broad SMARTS) is 1. The Hall–Kier alpha value is -4.18. The van der Waals surface area contributed by atoms with Crippen LogP contribution in [0.2, 0.25) is 0 Å². The van der Waals surface area contributed by atoms with Gasteiger partial charge in [-0.3, -0.25) is 4.79 Å². The number of thioether (sulfide) groups is 1. The molecule has 0 bridgehead atoms. The largest absolute Gasteiger partial charge is 0.495 e. The number of methoxy groups -OCH3 is 1. The Morgan fingerprint density at radius 1 is 1.03 bits per heavy atom. The maximum absolute atomic E-state index is 13.1. The van der Waals surface area contributed by atoms with E-state index in [-0.39, 0.29) is 23.9 Å². The molecule has 0 saturated carbocycles. The van der Waals surface area contributed by atoms with Gasteiger partial charge in [-0.1, -0.05) is 24.3 Å². The molecule has 3 aromatic rings. The molecule has 10 heteroatoms. The third kappa shape index (κ3) is 6.77. The van der Waals surface area contributed by atoms with Crippen molar-refractivity contribution in [3.05, 3.63) is 83.4 Å². The highest BCUT2D eigenvalue weighted by molar-refractivity contribution is 7.99. The topological polar surface area (TPSA) is 117 Å². The van der Waals surface area contributed by atoms with Gasteiger partial charge in [0, 0.05) is 11.4 Å². The Morgan fingerprint density at radius 3 is 2.47 bits per heavy atom. The van der Waals surface area contributed by atoms with E-state index in [0.29, 0.717) is 35.4 Å². The number of benzene rings is 3. The first kappa shape index (κ1) is 26.9. The number of hydrogen-bond donors (Lipinski definition) is 3. The zero-order valence-electron chi connectivity index (χ0n) is 21.1. The zero-order valence-corrected chi connectivity index (χ0v) is 21.9. The SMILES string of the molecule is COc1cc(CC(=O)N2CSC[C@H]2COc2ccc(C(=O)O)cc2)ccc1NC(=O)Nc1ccccc1C. The van der Waals surface area contributed by atoms with E-state index < -0.39 is 12.0 Å². The Bertz CT molecular complexity index is 1310. The third-order valence-corrected chi connectivity index (χ3v) is 7.19. The number of aromatic carboxylic acids is 1. The van der Waals surface area contributed by atoms with Crippen molar-refractivity contribution in [3.8, 4) is 11.5 Å². The number of carboxylic acids is 1. The second-order valence-electron chi connectivity index (χ2n) is 8.76. The molecule has 0 aliphatic carbocycles. The molecule has 1 aliphatic rings. The second kappa shape index (κ2) is 12.4. The molecule has 1 atom stereocenters. The predicted molar refractivity (Wildman–Crippen MR) is 147 cm³/mol. The maximum atomic E-state index is 13.1. The Balaban J connectivity index is 1.34. The van der Waals surface area contributed by atoms with E-state index in [4.69, 9.17) is 14.6 Å². The molecular weight excluding hydrogens is 506 g/mol. The van der Waals surface area contributed by atoms with Gasteiger partial charge in [0.1, 0.15) is 18.1 Å². The lowest BCUT2D eigenvalue weighted by Crippen LogP contribution is -2.41. The van der Waals surface area contributed by atoms with E-state index in [9.17, 15) is 14.4 Å². The van der Waals surface area contributed by atoms with Gasteiger partial charge in [-0.15, -0.1) is 11.8 Å². The average molecular weight is 536 g/mol. The minimum Gasteiger partial charge on any atom is -0.495 e. The van der Waals surface area contributed by atoms with E-state index in [1.165, 1.54) is 19.2 Å². The molecule has 1 saturated heterocycles. The number of urea groups is 1. The highest BCUT2D eigenvalue weighted by Crippen LogP contribution is 2.28. The molecule has 38 heavy (non-hydrogen) atoms. The number of carbonyl (C=O) groups is 3. The molecule has 1 aliphatic heterocycles. The van der Waals surface area contributed by atoms with Gasteiger partial charge in [-0.25, -0.2) is 9.59 Å². The quantitative estimate of drug-likeness (QED) is 0.358. The molecule has 0 unspecified atom stereocenters. The molecular formula is C28H29N3O6S. The summed E-state index contributed by atoms with van der Waals surface area (Å²) in [6.45, 7) is 2.23. The van der Waals surface area contributed by atoms with Gasteiger partial charge in [0.05, 0.1) is 36.7 Å². The first-order chi connectivity index (χ1) is 18.3. The van der Waals surface area contributed by atoms with E-state index in [2.05, 4.69) is 10.6 Å². The summed E-state index contributed by atoms with van der Waals surface area (Å²) in [4.78, 5) is 38.4. The van der Waals surface area contributed by atoms with E-state index in [1.807, 2.05) is 31.2 Å². The van der Waals surface area contributed by atoms with Crippen molar-refractivity contribution in [1.29, 1.82) is 0 Å². The lowest BCUT2D eigenvalue weighted by atomic mass is 10.1. The molecule has 198 valence electrons. The molecule has 3 amide bonds. The van der Waals surface area contributed by atoms with Crippen LogP contribution in [0.4, 0.5) is 16.2 Å². The number of para-hydroxylation sites is 1. The molecule has 4 rings (SSSR count). The van der Waals surface area contributed by atoms with Gasteiger partial charge in [0.2, 0.25) is 5.91 Å². The van der Waals surface area contributed by atoms with Crippen molar-refractivity contribution in [2.45, 2.75) is 19.4 Å². The minimum atomic E-state index is -0.994. The molecule has 0 spiro atoms. The zero-order chi connectivity index (χ0) is 27.1. The van der Waals surface area contributed by atoms with Crippen LogP contribution in [0.3, 0.4) is 0 Å². The van der Waals surface area contributed by atoms with E-state index in [1.54, 1.807) is 47.0 Å². The number of hydrogen-bond acceptors (Lipinski definition) is 6. The van der Waals surface area contributed by atoms with E-state index >= 15 is 0 Å². The maximum Gasteiger partial charge on any atom is 0.335 e. The smallest absolute Gasteiger partial charge is 0.335 e. The van der Waals surface area contributed by atoms with Crippen LogP contribution in [0.15, 0.2) is 66.7 Å². The minimum absolute atomic E-state index is 0.0371. The standard InChI is InChI=1S/C28H29N3O6S/c1-18-5-3-4-6-23(18)29-28(35)30-24-12-7-19(13-25(24)36-2)14-26(32)31-17-38-16-21(31)15-37-22-10-8-20(9-11-22)27(33)34/h3-13,21H,14-17H2,1-2H3,(H,33,34)(H2,29,30,35)/t21-/m1/s1. The molecule has 3 N–H and O–H groups in total. The molecule has 1 fully saturated rings. The van der Waals surface area contributed by atoms with Crippen LogP contribution in [0.25, 0.3) is 0 Å². The van der Waals surface area contributed by atoms with Gasteiger partial charge in [-0.2, -0.15) is 0 Å². The summed E-state index contributed by atoms with van der Waals surface area (Å²) in [5, 5.41) is 14.7. The van der Waals surface area contributed by atoms with Crippen LogP contribution in [-0.4, -0.2) is 59.3 Å². The lowest BCUT2D eigenvalue weighted by Gasteiger charge is -2.24. The van der Waals surface area contributed by atoms with Gasteiger partial charge in [-0.05, 0) is 60.5 Å². The first-order valence-corrected chi connectivity index (χ1v) is 13.1. The molecule has 1 heterocycles. The van der Waals surface area contributed by atoms with Crippen molar-refractivity contribution in [2.24, 2.45) is 0 Å². The van der Waals surface area contributed by atoms with Crippen LogP contribution in [0, 0.1) is 6.92 Å². The third-order valence-electron chi connectivity index (χ3n) is 6.11. The van der Waals surface area contributed by atoms with Crippen molar-refractivity contribution < 1.29 is 29.0 Å². The average Bonchev–Trinajstić information content (AvgIpc) is 3.39. The van der Waals surface area contributed by atoms with Crippen LogP contribution < -0.4 is 20.1 Å². The van der Waals surface area contributed by atoms with Gasteiger partial charge >= 0.3 is 12.0 Å². The van der Waals surface area contributed by atoms with Crippen LogP contribution >= 0.6 is 11.8 Å². The van der Waals surface area contributed by atoms with Crippen LogP contribution in [0.1, 0.15) is 21.5 Å². The Labute approximate surface area is 225 Å². The van der Waals surface area contributed by atoms with E-state index in [0.717, 1.165) is 16.9 Å². The summed E-state index contributed by atoms with van der Waals surface area (Å²) in [6, 6.07) is 18.5. The molecule has 3 aromatic carbocycles. The summed E-state index contributed by atoms with van der Waals surface area (Å²) >= 11 is 1.66. The number of rotatable bonds is 9. The lowest BCUT2D eigenvalue weighted by molar-refractivity contribution is -0.131. The van der Waals surface area contributed by atoms with Crippen LogP contribution in [-0.2, 0) is 11.2 Å². The molecule has 0 radical (unpaired) electrons. The van der Waals surface area contributed by atoms with Gasteiger partial charge in [0.25, 0.3) is 0 Å². The predicted octanol–water partition coefficient (Wildman–Crippen LogP) is 4.87. The summed E-state index contributed by atoms with van der Waals surface area (Å²) in [7, 11) is 1.51. The van der Waals surface area contributed by atoms with Gasteiger partial charge in [0.15, 0.2) is 0 Å². The number of anilines is 2.